The molecule has 31 heavy (non-hydrogen) atoms. The molecule has 2 aliphatic rings. The molecule has 1 heterocycles. The Kier molecular flexibility index (Phi) is 5.81. The highest BCUT2D eigenvalue weighted by atomic mass is 32.2. The number of aryl methyl sites for hydroxylation is 1. The number of nitrogens with one attached hydrogen (secondary N) is 1. The van der Waals surface area contributed by atoms with Crippen molar-refractivity contribution in [3.63, 3.8) is 0 Å². The van der Waals surface area contributed by atoms with E-state index in [-0.39, 0.29) is 41.2 Å². The highest BCUT2D eigenvalue weighted by molar-refractivity contribution is 7.89. The molecule has 0 bridgehead atoms. The van der Waals surface area contributed by atoms with Crippen molar-refractivity contribution in [2.24, 2.45) is 5.92 Å². The van der Waals surface area contributed by atoms with E-state index in [1.807, 2.05) is 0 Å². The summed E-state index contributed by atoms with van der Waals surface area (Å²) in [6.07, 6.45) is 1.84. The van der Waals surface area contributed by atoms with Gasteiger partial charge in [0, 0.05) is 43.3 Å². The topological polar surface area (TPSA) is 86.8 Å². The lowest BCUT2D eigenvalue weighted by molar-refractivity contribution is -0.133. The van der Waals surface area contributed by atoms with E-state index < -0.39 is 15.9 Å². The molecular formula is C22H24FN3O4S. The van der Waals surface area contributed by atoms with Crippen molar-refractivity contribution in [1.82, 2.24) is 9.21 Å². The van der Waals surface area contributed by atoms with Crippen LogP contribution in [0.4, 0.5) is 10.1 Å². The lowest BCUT2D eigenvalue weighted by Gasteiger charge is -2.34. The first-order chi connectivity index (χ1) is 14.8. The van der Waals surface area contributed by atoms with Crippen molar-refractivity contribution in [3.05, 3.63) is 59.4 Å². The van der Waals surface area contributed by atoms with Crippen LogP contribution in [0.2, 0.25) is 0 Å². The summed E-state index contributed by atoms with van der Waals surface area (Å²) in [5.41, 5.74) is 1.01. The van der Waals surface area contributed by atoms with E-state index >= 15 is 0 Å². The fourth-order valence-electron chi connectivity index (χ4n) is 3.61. The van der Waals surface area contributed by atoms with Crippen molar-refractivity contribution in [2.45, 2.75) is 24.7 Å². The van der Waals surface area contributed by atoms with E-state index in [0.29, 0.717) is 24.3 Å². The Bertz CT molecular complexity index is 1120. The molecule has 0 radical (unpaired) electrons. The molecule has 9 heteroatoms. The number of amides is 2. The van der Waals surface area contributed by atoms with Crippen molar-refractivity contribution < 1.29 is 22.4 Å². The summed E-state index contributed by atoms with van der Waals surface area (Å²) in [6.45, 7) is 2.80. The number of carbonyl (C=O) groups is 2. The molecule has 0 unspecified atom stereocenters. The molecule has 2 aromatic carbocycles. The molecule has 7 nitrogen and oxygen atoms in total. The van der Waals surface area contributed by atoms with Crippen LogP contribution >= 0.6 is 0 Å². The first-order valence-electron chi connectivity index (χ1n) is 10.2. The van der Waals surface area contributed by atoms with Gasteiger partial charge in [0.2, 0.25) is 15.9 Å². The standard InChI is InChI=1S/C22H24FN3O4S/c1-15-13-18(7-8-20(15)23)24-21(27)17-3-2-4-19(14-17)31(29,30)26-11-9-25(10-12-26)22(28)16-5-6-16/h2-4,7-8,13-14,16H,5-6,9-12H2,1H3,(H,24,27). The predicted molar refractivity (Wildman–Crippen MR) is 114 cm³/mol. The molecule has 0 atom stereocenters. The fourth-order valence-corrected chi connectivity index (χ4v) is 5.08. The van der Waals surface area contributed by atoms with Crippen LogP contribution in [-0.2, 0) is 14.8 Å². The monoisotopic (exact) mass is 445 g/mol. The van der Waals surface area contributed by atoms with Gasteiger partial charge in [-0.05, 0) is 61.7 Å². The van der Waals surface area contributed by atoms with Gasteiger partial charge in [0.15, 0.2) is 0 Å². The molecule has 0 aromatic heterocycles. The number of piperazine rings is 1. The second kappa shape index (κ2) is 8.39. The smallest absolute Gasteiger partial charge is 0.255 e. The highest BCUT2D eigenvalue weighted by Gasteiger charge is 2.36. The van der Waals surface area contributed by atoms with E-state index in [1.165, 1.54) is 46.8 Å². The molecule has 1 aliphatic heterocycles. The van der Waals surface area contributed by atoms with Crippen LogP contribution in [0.15, 0.2) is 47.4 Å². The number of rotatable bonds is 5. The number of carbonyl (C=O) groups excluding carboxylic acids is 2. The van der Waals surface area contributed by atoms with Crippen molar-refractivity contribution in [2.75, 3.05) is 31.5 Å². The zero-order valence-corrected chi connectivity index (χ0v) is 18.0. The zero-order chi connectivity index (χ0) is 22.2. The van der Waals surface area contributed by atoms with Gasteiger partial charge in [-0.3, -0.25) is 9.59 Å². The number of hydrogen-bond acceptors (Lipinski definition) is 4. The largest absolute Gasteiger partial charge is 0.340 e. The Morgan fingerprint density at radius 3 is 2.39 bits per heavy atom. The Balaban J connectivity index is 1.45. The Labute approximate surface area is 180 Å². The summed E-state index contributed by atoms with van der Waals surface area (Å²) >= 11 is 0. The lowest BCUT2D eigenvalue weighted by Crippen LogP contribution is -2.50. The minimum absolute atomic E-state index is 0.0254. The van der Waals surface area contributed by atoms with Gasteiger partial charge >= 0.3 is 0 Å². The molecule has 4 rings (SSSR count). The van der Waals surface area contributed by atoms with Gasteiger partial charge in [-0.1, -0.05) is 6.07 Å². The van der Waals surface area contributed by atoms with Crippen molar-refractivity contribution >= 4 is 27.5 Å². The Morgan fingerprint density at radius 2 is 1.74 bits per heavy atom. The SMILES string of the molecule is Cc1cc(NC(=O)c2cccc(S(=O)(=O)N3CCN(C(=O)C4CC4)CC3)c2)ccc1F. The number of sulfonamides is 1. The molecule has 1 aliphatic carbocycles. The van der Waals surface area contributed by atoms with E-state index in [4.69, 9.17) is 0 Å². The second-order valence-corrected chi connectivity index (χ2v) is 9.89. The van der Waals surface area contributed by atoms with E-state index in [2.05, 4.69) is 5.32 Å². The number of halogens is 1. The number of anilines is 1. The fraction of sp³-hybridized carbons (Fsp3) is 0.364. The number of hydrogen-bond donors (Lipinski definition) is 1. The minimum atomic E-state index is -3.79. The van der Waals surface area contributed by atoms with E-state index in [9.17, 15) is 22.4 Å². The summed E-state index contributed by atoms with van der Waals surface area (Å²) in [7, 11) is -3.79. The summed E-state index contributed by atoms with van der Waals surface area (Å²) in [6, 6.07) is 10.1. The highest BCUT2D eigenvalue weighted by Crippen LogP contribution is 2.31. The molecule has 1 saturated carbocycles. The molecule has 2 aromatic rings. The predicted octanol–water partition coefficient (Wildman–Crippen LogP) is 2.63. The lowest BCUT2D eigenvalue weighted by atomic mass is 10.2. The molecule has 164 valence electrons. The number of benzene rings is 2. The molecule has 2 amide bonds. The molecular weight excluding hydrogens is 421 g/mol. The third kappa shape index (κ3) is 4.62. The van der Waals surface area contributed by atoms with Crippen LogP contribution in [0.25, 0.3) is 0 Å². The van der Waals surface area contributed by atoms with Crippen molar-refractivity contribution in [3.8, 4) is 0 Å². The first kappa shape index (κ1) is 21.5. The first-order valence-corrected chi connectivity index (χ1v) is 11.7. The summed E-state index contributed by atoms with van der Waals surface area (Å²) in [5.74, 6) is -0.622. The van der Waals surface area contributed by atoms with Crippen LogP contribution in [0.5, 0.6) is 0 Å². The van der Waals surface area contributed by atoms with Crippen LogP contribution in [0, 0.1) is 18.7 Å². The zero-order valence-electron chi connectivity index (χ0n) is 17.2. The van der Waals surface area contributed by atoms with Gasteiger partial charge in [-0.25, -0.2) is 12.8 Å². The average Bonchev–Trinajstić information content (AvgIpc) is 3.61. The van der Waals surface area contributed by atoms with Gasteiger partial charge in [-0.15, -0.1) is 0 Å². The maximum absolute atomic E-state index is 13.4. The van der Waals surface area contributed by atoms with Crippen LogP contribution in [0.1, 0.15) is 28.8 Å². The third-order valence-electron chi connectivity index (χ3n) is 5.63. The molecule has 0 spiro atoms. The van der Waals surface area contributed by atoms with E-state index in [0.717, 1.165) is 12.8 Å². The van der Waals surface area contributed by atoms with Gasteiger partial charge in [0.05, 0.1) is 4.90 Å². The van der Waals surface area contributed by atoms with Crippen LogP contribution < -0.4 is 5.32 Å². The van der Waals surface area contributed by atoms with Gasteiger partial charge in [0.1, 0.15) is 5.82 Å². The summed E-state index contributed by atoms with van der Waals surface area (Å²) < 4.78 is 40.9. The molecule has 2 fully saturated rings. The van der Waals surface area contributed by atoms with Gasteiger partial charge in [-0.2, -0.15) is 4.31 Å². The average molecular weight is 446 g/mol. The Morgan fingerprint density at radius 1 is 1.03 bits per heavy atom. The summed E-state index contributed by atoms with van der Waals surface area (Å²) in [4.78, 5) is 26.5. The molecule has 1 N–H and O–H groups in total. The maximum atomic E-state index is 13.4. The Hall–Kier alpha value is -2.78. The van der Waals surface area contributed by atoms with Crippen LogP contribution in [-0.4, -0.2) is 55.6 Å². The van der Waals surface area contributed by atoms with Crippen molar-refractivity contribution in [1.29, 1.82) is 0 Å². The maximum Gasteiger partial charge on any atom is 0.255 e. The van der Waals surface area contributed by atoms with E-state index in [1.54, 1.807) is 11.8 Å². The second-order valence-electron chi connectivity index (χ2n) is 7.95. The molecule has 1 saturated heterocycles. The normalized spacial score (nSPS) is 17.4. The third-order valence-corrected chi connectivity index (χ3v) is 7.52. The number of nitrogens with zero attached hydrogens (tertiary/aromatic N) is 2. The minimum Gasteiger partial charge on any atom is -0.340 e. The quantitative estimate of drug-likeness (QED) is 0.767. The summed E-state index contributed by atoms with van der Waals surface area (Å²) in [5, 5.41) is 2.66. The van der Waals surface area contributed by atoms with Gasteiger partial charge in [0.25, 0.3) is 5.91 Å². The van der Waals surface area contributed by atoms with Gasteiger partial charge < -0.3 is 10.2 Å². The van der Waals surface area contributed by atoms with Crippen LogP contribution in [0.3, 0.4) is 0 Å².